The monoisotopic (exact) mass is 274 g/mol. The van der Waals surface area contributed by atoms with Crippen LogP contribution in [0, 0.1) is 5.41 Å². The second-order valence-corrected chi connectivity index (χ2v) is 5.54. The molecule has 2 N–H and O–H groups in total. The Kier molecular flexibility index (Phi) is 3.00. The third kappa shape index (κ3) is 2.54. The summed E-state index contributed by atoms with van der Waals surface area (Å²) in [5.41, 5.74) is 0.304. The summed E-state index contributed by atoms with van der Waals surface area (Å²) in [6.07, 6.45) is 4.14. The third-order valence-electron chi connectivity index (χ3n) is 3.40. The fraction of sp³-hybridized carbons (Fsp3) is 0.583. The van der Waals surface area contributed by atoms with Crippen LogP contribution in [0.4, 0.5) is 11.9 Å². The molecule has 2 aromatic rings. The summed E-state index contributed by atoms with van der Waals surface area (Å²) in [5.74, 6) is 1.56. The van der Waals surface area contributed by atoms with Gasteiger partial charge in [-0.15, -0.1) is 0 Å². The minimum atomic E-state index is 0.304. The Labute approximate surface area is 117 Å². The lowest BCUT2D eigenvalue weighted by Gasteiger charge is -2.10. The zero-order valence-electron chi connectivity index (χ0n) is 11.8. The van der Waals surface area contributed by atoms with Gasteiger partial charge in [0, 0.05) is 12.6 Å². The number of nitrogens with zero attached hydrogens (tertiary/aromatic N) is 6. The van der Waals surface area contributed by atoms with Gasteiger partial charge < -0.3 is 10.6 Å². The molecule has 0 aromatic carbocycles. The van der Waals surface area contributed by atoms with Crippen molar-refractivity contribution in [2.45, 2.75) is 33.2 Å². The summed E-state index contributed by atoms with van der Waals surface area (Å²) < 4.78 is 1.52. The first-order chi connectivity index (χ1) is 9.58. The van der Waals surface area contributed by atoms with Crippen molar-refractivity contribution in [1.29, 1.82) is 0 Å². The minimum absolute atomic E-state index is 0.304. The topological polar surface area (TPSA) is 93.4 Å². The number of hydrogen-bond donors (Lipinski definition) is 2. The van der Waals surface area contributed by atoms with Crippen molar-refractivity contribution >= 4 is 11.9 Å². The molecule has 8 nitrogen and oxygen atoms in total. The van der Waals surface area contributed by atoms with Crippen LogP contribution < -0.4 is 10.6 Å². The molecule has 0 saturated heterocycles. The van der Waals surface area contributed by atoms with Gasteiger partial charge in [0.15, 0.2) is 0 Å². The van der Waals surface area contributed by atoms with Crippen LogP contribution in [0.25, 0.3) is 5.95 Å². The molecule has 1 aliphatic rings. The zero-order valence-corrected chi connectivity index (χ0v) is 11.8. The summed E-state index contributed by atoms with van der Waals surface area (Å²) in [6.45, 7) is 7.18. The second-order valence-electron chi connectivity index (χ2n) is 5.54. The number of anilines is 2. The van der Waals surface area contributed by atoms with Crippen LogP contribution in [-0.4, -0.2) is 42.3 Å². The Morgan fingerprint density at radius 1 is 1.30 bits per heavy atom. The highest BCUT2D eigenvalue weighted by Crippen LogP contribution is 2.46. The van der Waals surface area contributed by atoms with Crippen molar-refractivity contribution in [3.8, 4) is 5.95 Å². The van der Waals surface area contributed by atoms with Crippen molar-refractivity contribution < 1.29 is 0 Å². The van der Waals surface area contributed by atoms with E-state index in [2.05, 4.69) is 49.5 Å². The average Bonchev–Trinajstić information content (AvgIpc) is 2.83. The molecule has 0 aliphatic heterocycles. The molecule has 0 radical (unpaired) electrons. The maximum absolute atomic E-state index is 4.39. The van der Waals surface area contributed by atoms with Crippen molar-refractivity contribution in [3.63, 3.8) is 0 Å². The first kappa shape index (κ1) is 12.8. The summed E-state index contributed by atoms with van der Waals surface area (Å²) >= 11 is 0. The van der Waals surface area contributed by atoms with E-state index in [1.54, 1.807) is 6.33 Å². The Bertz CT molecular complexity index is 592. The standard InChI is InChI=1S/C12H18N8/c1-4-14-9-17-10(16-8-5-12(8,2)3)19-11(18-9)20-7-13-6-15-20/h6-8H,4-5H2,1-3H3,(H2,14,16,17,18,19). The quantitative estimate of drug-likeness (QED) is 0.843. The second kappa shape index (κ2) is 4.69. The van der Waals surface area contributed by atoms with E-state index in [-0.39, 0.29) is 0 Å². The predicted octanol–water partition coefficient (Wildman–Crippen LogP) is 1.09. The van der Waals surface area contributed by atoms with Crippen LogP contribution in [0.1, 0.15) is 27.2 Å². The number of rotatable bonds is 5. The molecule has 1 unspecified atom stereocenters. The largest absolute Gasteiger partial charge is 0.354 e. The molecule has 20 heavy (non-hydrogen) atoms. The fourth-order valence-electron chi connectivity index (χ4n) is 1.95. The van der Waals surface area contributed by atoms with Crippen molar-refractivity contribution in [1.82, 2.24) is 29.7 Å². The van der Waals surface area contributed by atoms with Gasteiger partial charge in [-0.3, -0.25) is 0 Å². The van der Waals surface area contributed by atoms with E-state index in [1.165, 1.54) is 11.0 Å². The lowest BCUT2D eigenvalue weighted by molar-refractivity contribution is 0.628. The van der Waals surface area contributed by atoms with E-state index in [0.29, 0.717) is 29.3 Å². The number of aromatic nitrogens is 6. The Morgan fingerprint density at radius 3 is 2.65 bits per heavy atom. The summed E-state index contributed by atoms with van der Waals surface area (Å²) in [4.78, 5) is 17.0. The molecule has 1 aliphatic carbocycles. The van der Waals surface area contributed by atoms with E-state index in [1.807, 2.05) is 6.92 Å². The van der Waals surface area contributed by atoms with Gasteiger partial charge in [0.1, 0.15) is 12.7 Å². The van der Waals surface area contributed by atoms with Crippen LogP contribution in [0.5, 0.6) is 0 Å². The van der Waals surface area contributed by atoms with Crippen molar-refractivity contribution in [2.24, 2.45) is 5.41 Å². The van der Waals surface area contributed by atoms with Gasteiger partial charge in [-0.1, -0.05) is 13.8 Å². The zero-order chi connectivity index (χ0) is 14.2. The van der Waals surface area contributed by atoms with Crippen LogP contribution >= 0.6 is 0 Å². The molecular formula is C12H18N8. The highest BCUT2D eigenvalue weighted by atomic mass is 15.4. The molecule has 1 atom stereocenters. The molecule has 0 amide bonds. The van der Waals surface area contributed by atoms with Crippen LogP contribution in [0.15, 0.2) is 12.7 Å². The van der Waals surface area contributed by atoms with Crippen LogP contribution in [0.2, 0.25) is 0 Å². The fourth-order valence-corrected chi connectivity index (χ4v) is 1.95. The lowest BCUT2D eigenvalue weighted by Crippen LogP contribution is -2.15. The van der Waals surface area contributed by atoms with E-state index < -0.39 is 0 Å². The van der Waals surface area contributed by atoms with Gasteiger partial charge in [-0.2, -0.15) is 24.7 Å². The van der Waals surface area contributed by atoms with Crippen molar-refractivity contribution in [3.05, 3.63) is 12.7 Å². The Hall–Kier alpha value is -2.25. The SMILES string of the molecule is CCNc1nc(NC2CC2(C)C)nc(-n2cncn2)n1. The average molecular weight is 274 g/mol. The van der Waals surface area contributed by atoms with E-state index >= 15 is 0 Å². The summed E-state index contributed by atoms with van der Waals surface area (Å²) in [5, 5.41) is 10.5. The number of hydrogen-bond acceptors (Lipinski definition) is 7. The normalized spacial score (nSPS) is 19.6. The van der Waals surface area contributed by atoms with Gasteiger partial charge >= 0.3 is 0 Å². The molecule has 3 rings (SSSR count). The first-order valence-electron chi connectivity index (χ1n) is 6.70. The van der Waals surface area contributed by atoms with Crippen molar-refractivity contribution in [2.75, 3.05) is 17.2 Å². The molecular weight excluding hydrogens is 256 g/mol. The van der Waals surface area contributed by atoms with Gasteiger partial charge in [-0.25, -0.2) is 4.98 Å². The lowest BCUT2D eigenvalue weighted by atomic mass is 10.2. The number of nitrogens with one attached hydrogen (secondary N) is 2. The van der Waals surface area contributed by atoms with Gasteiger partial charge in [0.05, 0.1) is 0 Å². The summed E-state index contributed by atoms with van der Waals surface area (Å²) in [7, 11) is 0. The molecule has 0 spiro atoms. The molecule has 2 heterocycles. The third-order valence-corrected chi connectivity index (χ3v) is 3.40. The maximum Gasteiger partial charge on any atom is 0.258 e. The minimum Gasteiger partial charge on any atom is -0.354 e. The first-order valence-corrected chi connectivity index (χ1v) is 6.70. The summed E-state index contributed by atoms with van der Waals surface area (Å²) in [6, 6.07) is 0.406. The van der Waals surface area contributed by atoms with E-state index in [0.717, 1.165) is 13.0 Å². The van der Waals surface area contributed by atoms with E-state index in [4.69, 9.17) is 0 Å². The molecule has 2 aromatic heterocycles. The van der Waals surface area contributed by atoms with Crippen LogP contribution in [0.3, 0.4) is 0 Å². The Morgan fingerprint density at radius 2 is 2.05 bits per heavy atom. The predicted molar refractivity (Wildman–Crippen MR) is 74.7 cm³/mol. The molecule has 1 saturated carbocycles. The highest BCUT2D eigenvalue weighted by molar-refractivity contribution is 5.40. The molecule has 106 valence electrons. The molecule has 8 heteroatoms. The van der Waals surface area contributed by atoms with Gasteiger partial charge in [0.2, 0.25) is 11.9 Å². The van der Waals surface area contributed by atoms with Gasteiger partial charge in [-0.05, 0) is 18.8 Å². The molecule has 0 bridgehead atoms. The van der Waals surface area contributed by atoms with Gasteiger partial charge in [0.25, 0.3) is 5.95 Å². The Balaban J connectivity index is 1.89. The van der Waals surface area contributed by atoms with E-state index in [9.17, 15) is 0 Å². The maximum atomic E-state index is 4.39. The smallest absolute Gasteiger partial charge is 0.258 e. The van der Waals surface area contributed by atoms with Crippen LogP contribution in [-0.2, 0) is 0 Å². The highest BCUT2D eigenvalue weighted by Gasteiger charge is 2.46. The molecule has 1 fully saturated rings.